The molecule has 94 valence electrons. The standard InChI is InChI=1S/C14H28N2/c1-10(2)13-5-4-11(3)8-14(13)16-7-6-12(15)9-16/h10-14H,4-9,15H2,1-3H3. The first-order valence-corrected chi connectivity index (χ1v) is 7.07. The van der Waals surface area contributed by atoms with E-state index in [1.807, 2.05) is 0 Å². The third kappa shape index (κ3) is 2.60. The second-order valence-corrected chi connectivity index (χ2v) is 6.44. The largest absolute Gasteiger partial charge is 0.326 e. The highest BCUT2D eigenvalue weighted by atomic mass is 15.2. The summed E-state index contributed by atoms with van der Waals surface area (Å²) >= 11 is 0. The Balaban J connectivity index is 2.02. The van der Waals surface area contributed by atoms with Crippen LogP contribution in [0.25, 0.3) is 0 Å². The number of hydrogen-bond donors (Lipinski definition) is 1. The van der Waals surface area contributed by atoms with Crippen molar-refractivity contribution in [2.45, 2.75) is 58.5 Å². The second-order valence-electron chi connectivity index (χ2n) is 6.44. The van der Waals surface area contributed by atoms with Gasteiger partial charge in [0.2, 0.25) is 0 Å². The maximum absolute atomic E-state index is 6.05. The summed E-state index contributed by atoms with van der Waals surface area (Å²) in [7, 11) is 0. The molecular weight excluding hydrogens is 196 g/mol. The predicted molar refractivity (Wildman–Crippen MR) is 69.3 cm³/mol. The summed E-state index contributed by atoms with van der Waals surface area (Å²) in [5, 5.41) is 0. The van der Waals surface area contributed by atoms with Crippen LogP contribution < -0.4 is 5.73 Å². The molecule has 0 aromatic heterocycles. The maximum Gasteiger partial charge on any atom is 0.0180 e. The molecule has 0 aromatic carbocycles. The van der Waals surface area contributed by atoms with E-state index in [-0.39, 0.29) is 0 Å². The Bertz CT molecular complexity index is 227. The fraction of sp³-hybridized carbons (Fsp3) is 1.00. The maximum atomic E-state index is 6.05. The van der Waals surface area contributed by atoms with Gasteiger partial charge in [-0.1, -0.05) is 27.2 Å². The molecule has 2 aliphatic rings. The molecule has 1 aliphatic carbocycles. The molecule has 1 saturated heterocycles. The molecular formula is C14H28N2. The molecule has 0 radical (unpaired) electrons. The second kappa shape index (κ2) is 5.05. The zero-order chi connectivity index (χ0) is 11.7. The lowest BCUT2D eigenvalue weighted by molar-refractivity contribution is 0.0758. The van der Waals surface area contributed by atoms with Crippen LogP contribution in [0, 0.1) is 17.8 Å². The van der Waals surface area contributed by atoms with Crippen molar-refractivity contribution >= 4 is 0 Å². The van der Waals surface area contributed by atoms with Crippen LogP contribution >= 0.6 is 0 Å². The van der Waals surface area contributed by atoms with E-state index < -0.39 is 0 Å². The molecule has 0 spiro atoms. The molecule has 0 amide bonds. The lowest BCUT2D eigenvalue weighted by atomic mass is 9.73. The molecule has 0 aromatic rings. The average molecular weight is 224 g/mol. The Morgan fingerprint density at radius 2 is 1.94 bits per heavy atom. The molecule has 2 N–H and O–H groups in total. The number of likely N-dealkylation sites (tertiary alicyclic amines) is 1. The summed E-state index contributed by atoms with van der Waals surface area (Å²) in [4.78, 5) is 2.69. The van der Waals surface area contributed by atoms with Gasteiger partial charge in [-0.05, 0) is 37.0 Å². The molecule has 1 heterocycles. The van der Waals surface area contributed by atoms with Crippen LogP contribution in [-0.2, 0) is 0 Å². The van der Waals surface area contributed by atoms with Crippen molar-refractivity contribution in [3.8, 4) is 0 Å². The van der Waals surface area contributed by atoms with E-state index in [0.29, 0.717) is 6.04 Å². The van der Waals surface area contributed by atoms with Crippen molar-refractivity contribution in [1.82, 2.24) is 4.90 Å². The lowest BCUT2D eigenvalue weighted by Gasteiger charge is -2.42. The quantitative estimate of drug-likeness (QED) is 0.781. The summed E-state index contributed by atoms with van der Waals surface area (Å²) in [6, 6.07) is 1.25. The van der Waals surface area contributed by atoms with E-state index in [0.717, 1.165) is 30.3 Å². The third-order valence-electron chi connectivity index (χ3n) is 4.71. The van der Waals surface area contributed by atoms with Crippen LogP contribution in [-0.4, -0.2) is 30.1 Å². The number of nitrogens with two attached hydrogens (primary N) is 1. The van der Waals surface area contributed by atoms with Gasteiger partial charge in [0.15, 0.2) is 0 Å². The normalized spacial score (nSPS) is 41.8. The van der Waals surface area contributed by atoms with Gasteiger partial charge >= 0.3 is 0 Å². The molecule has 2 nitrogen and oxygen atoms in total. The van der Waals surface area contributed by atoms with Crippen molar-refractivity contribution in [2.24, 2.45) is 23.5 Å². The predicted octanol–water partition coefficient (Wildman–Crippen LogP) is 2.48. The Labute approximate surface area is 101 Å². The first-order valence-electron chi connectivity index (χ1n) is 7.07. The van der Waals surface area contributed by atoms with Crippen molar-refractivity contribution < 1.29 is 0 Å². The zero-order valence-corrected chi connectivity index (χ0v) is 11.2. The third-order valence-corrected chi connectivity index (χ3v) is 4.71. The molecule has 1 aliphatic heterocycles. The molecule has 2 heteroatoms. The van der Waals surface area contributed by atoms with Gasteiger partial charge in [-0.3, -0.25) is 4.90 Å². The molecule has 4 unspecified atom stereocenters. The topological polar surface area (TPSA) is 29.3 Å². The lowest BCUT2D eigenvalue weighted by Crippen LogP contribution is -2.45. The molecule has 1 saturated carbocycles. The van der Waals surface area contributed by atoms with Gasteiger partial charge in [0, 0.05) is 25.2 Å². The van der Waals surface area contributed by atoms with Gasteiger partial charge in [0.25, 0.3) is 0 Å². The van der Waals surface area contributed by atoms with Gasteiger partial charge < -0.3 is 5.73 Å². The first kappa shape index (κ1) is 12.4. The molecule has 16 heavy (non-hydrogen) atoms. The van der Waals surface area contributed by atoms with Crippen LogP contribution in [0.1, 0.15) is 46.5 Å². The minimum Gasteiger partial charge on any atom is -0.326 e. The van der Waals surface area contributed by atoms with Crippen molar-refractivity contribution in [3.63, 3.8) is 0 Å². The van der Waals surface area contributed by atoms with Crippen molar-refractivity contribution in [1.29, 1.82) is 0 Å². The van der Waals surface area contributed by atoms with Gasteiger partial charge in [-0.15, -0.1) is 0 Å². The van der Waals surface area contributed by atoms with E-state index >= 15 is 0 Å². The van der Waals surface area contributed by atoms with Crippen LogP contribution in [0.2, 0.25) is 0 Å². The van der Waals surface area contributed by atoms with E-state index in [4.69, 9.17) is 5.73 Å². The highest BCUT2D eigenvalue weighted by Gasteiger charge is 2.36. The summed E-state index contributed by atoms with van der Waals surface area (Å²) in [5.41, 5.74) is 6.05. The smallest absolute Gasteiger partial charge is 0.0180 e. The monoisotopic (exact) mass is 224 g/mol. The average Bonchev–Trinajstić information content (AvgIpc) is 2.64. The molecule has 0 bridgehead atoms. The van der Waals surface area contributed by atoms with E-state index in [1.54, 1.807) is 0 Å². The van der Waals surface area contributed by atoms with Crippen molar-refractivity contribution in [2.75, 3.05) is 13.1 Å². The fourth-order valence-electron chi connectivity index (χ4n) is 3.69. The first-order chi connectivity index (χ1) is 7.58. The Morgan fingerprint density at radius 1 is 1.19 bits per heavy atom. The molecule has 2 fully saturated rings. The van der Waals surface area contributed by atoms with Crippen LogP contribution in [0.5, 0.6) is 0 Å². The molecule has 2 rings (SSSR count). The highest BCUT2D eigenvalue weighted by Crippen LogP contribution is 2.37. The van der Waals surface area contributed by atoms with Gasteiger partial charge in [0.05, 0.1) is 0 Å². The Hall–Kier alpha value is -0.0800. The van der Waals surface area contributed by atoms with Gasteiger partial charge in [-0.2, -0.15) is 0 Å². The van der Waals surface area contributed by atoms with Crippen molar-refractivity contribution in [3.05, 3.63) is 0 Å². The minimum atomic E-state index is 0.435. The van der Waals surface area contributed by atoms with Gasteiger partial charge in [-0.25, -0.2) is 0 Å². The van der Waals surface area contributed by atoms with E-state index in [1.165, 1.54) is 32.2 Å². The van der Waals surface area contributed by atoms with E-state index in [9.17, 15) is 0 Å². The number of nitrogens with zero attached hydrogens (tertiary/aromatic N) is 1. The summed E-state index contributed by atoms with van der Waals surface area (Å²) in [5.74, 6) is 2.65. The Kier molecular flexibility index (Phi) is 3.91. The zero-order valence-electron chi connectivity index (χ0n) is 11.2. The Morgan fingerprint density at radius 3 is 2.50 bits per heavy atom. The van der Waals surface area contributed by atoms with Crippen LogP contribution in [0.4, 0.5) is 0 Å². The molecule has 4 atom stereocenters. The van der Waals surface area contributed by atoms with Gasteiger partial charge in [0.1, 0.15) is 0 Å². The van der Waals surface area contributed by atoms with Crippen LogP contribution in [0.15, 0.2) is 0 Å². The fourth-order valence-corrected chi connectivity index (χ4v) is 3.69. The summed E-state index contributed by atoms with van der Waals surface area (Å²) in [6.07, 6.45) is 5.46. The number of hydrogen-bond acceptors (Lipinski definition) is 2. The SMILES string of the molecule is CC1CCC(C(C)C)C(N2CCC(N)C2)C1. The van der Waals surface area contributed by atoms with Crippen LogP contribution in [0.3, 0.4) is 0 Å². The minimum absolute atomic E-state index is 0.435. The summed E-state index contributed by atoms with van der Waals surface area (Å²) in [6.45, 7) is 9.58. The van der Waals surface area contributed by atoms with E-state index in [2.05, 4.69) is 25.7 Å². The highest BCUT2D eigenvalue weighted by molar-refractivity contribution is 4.91. The number of rotatable bonds is 2. The summed E-state index contributed by atoms with van der Waals surface area (Å²) < 4.78 is 0.